The minimum Gasteiger partial charge on any atom is -0.391 e. The third kappa shape index (κ3) is 1.63. The molecule has 0 saturated carbocycles. The lowest BCUT2D eigenvalue weighted by molar-refractivity contribution is 0.128. The van der Waals surface area contributed by atoms with E-state index in [1.54, 1.807) is 12.1 Å². The summed E-state index contributed by atoms with van der Waals surface area (Å²) >= 11 is 11.9. The van der Waals surface area contributed by atoms with Gasteiger partial charge in [0.2, 0.25) is 0 Å². The minimum atomic E-state index is -0.489. The monoisotopic (exact) mass is 231 g/mol. The van der Waals surface area contributed by atoms with E-state index in [4.69, 9.17) is 28.9 Å². The molecule has 0 saturated heterocycles. The highest BCUT2D eigenvalue weighted by Crippen LogP contribution is 2.35. The first kappa shape index (κ1) is 10.2. The van der Waals surface area contributed by atoms with Crippen molar-refractivity contribution in [3.8, 4) is 0 Å². The van der Waals surface area contributed by atoms with Gasteiger partial charge in [0.25, 0.3) is 0 Å². The molecule has 2 rings (SSSR count). The van der Waals surface area contributed by atoms with Gasteiger partial charge in [-0.15, -0.1) is 0 Å². The van der Waals surface area contributed by atoms with E-state index in [1.807, 2.05) is 0 Å². The number of fused-ring (bicyclic) bond motifs is 1. The lowest BCUT2D eigenvalue weighted by atomic mass is 9.86. The molecule has 0 fully saturated rings. The van der Waals surface area contributed by atoms with Gasteiger partial charge in [-0.25, -0.2) is 0 Å². The molecule has 0 amide bonds. The van der Waals surface area contributed by atoms with Crippen molar-refractivity contribution in [2.45, 2.75) is 25.0 Å². The smallest absolute Gasteiger partial charge is 0.0736 e. The molecular weight excluding hydrogens is 221 g/mol. The Morgan fingerprint density at radius 3 is 2.79 bits per heavy atom. The van der Waals surface area contributed by atoms with Gasteiger partial charge >= 0.3 is 0 Å². The second-order valence-corrected chi connectivity index (χ2v) is 4.43. The number of aliphatic hydroxyl groups is 1. The van der Waals surface area contributed by atoms with Gasteiger partial charge in [0, 0.05) is 10.0 Å². The second kappa shape index (κ2) is 3.70. The largest absolute Gasteiger partial charge is 0.391 e. The van der Waals surface area contributed by atoms with Crippen molar-refractivity contribution >= 4 is 23.2 Å². The van der Waals surface area contributed by atoms with Gasteiger partial charge in [-0.1, -0.05) is 23.2 Å². The highest BCUT2D eigenvalue weighted by Gasteiger charge is 2.26. The van der Waals surface area contributed by atoms with E-state index in [9.17, 15) is 5.11 Å². The van der Waals surface area contributed by atoms with Crippen molar-refractivity contribution in [3.05, 3.63) is 33.3 Å². The molecule has 0 aliphatic heterocycles. The molecule has 2 atom stereocenters. The summed E-state index contributed by atoms with van der Waals surface area (Å²) in [7, 11) is 0. The molecular formula is C10H11Cl2NO. The predicted octanol–water partition coefficient (Wildman–Crippen LogP) is 2.30. The van der Waals surface area contributed by atoms with Crippen molar-refractivity contribution in [2.24, 2.45) is 5.73 Å². The van der Waals surface area contributed by atoms with Gasteiger partial charge in [-0.05, 0) is 36.1 Å². The molecule has 0 unspecified atom stereocenters. The zero-order valence-corrected chi connectivity index (χ0v) is 9.02. The number of rotatable bonds is 0. The van der Waals surface area contributed by atoms with E-state index < -0.39 is 6.10 Å². The quantitative estimate of drug-likeness (QED) is 0.720. The summed E-state index contributed by atoms with van der Waals surface area (Å²) in [6, 6.07) is 3.14. The molecule has 1 aromatic rings. The molecule has 1 aliphatic rings. The summed E-state index contributed by atoms with van der Waals surface area (Å²) in [6.07, 6.45) is 0.937. The summed E-state index contributed by atoms with van der Waals surface area (Å²) < 4.78 is 0. The number of halogens is 2. The Morgan fingerprint density at radius 1 is 1.36 bits per heavy atom. The maximum atomic E-state index is 9.60. The standard InChI is InChI=1S/C10H11Cl2NO/c11-5-3-7-6(8(12)4-5)1-2-9(14)10(7)13/h3-4,9-10,14H,1-2,13H2/t9-,10-/m1/s1. The lowest BCUT2D eigenvalue weighted by Gasteiger charge is -2.28. The normalized spacial score (nSPS) is 26.0. The molecule has 0 aromatic heterocycles. The van der Waals surface area contributed by atoms with Crippen LogP contribution in [0.3, 0.4) is 0 Å². The average molecular weight is 232 g/mol. The van der Waals surface area contributed by atoms with E-state index in [2.05, 4.69) is 0 Å². The molecule has 2 nitrogen and oxygen atoms in total. The number of nitrogens with two attached hydrogens (primary N) is 1. The summed E-state index contributed by atoms with van der Waals surface area (Å²) in [4.78, 5) is 0. The Balaban J connectivity index is 2.54. The third-order valence-corrected chi connectivity index (χ3v) is 3.21. The minimum absolute atomic E-state index is 0.366. The van der Waals surface area contributed by atoms with Crippen LogP contribution >= 0.6 is 23.2 Å². The molecule has 0 bridgehead atoms. The zero-order valence-electron chi connectivity index (χ0n) is 7.50. The maximum absolute atomic E-state index is 9.60. The number of hydrogen-bond acceptors (Lipinski definition) is 2. The van der Waals surface area contributed by atoms with E-state index >= 15 is 0 Å². The van der Waals surface area contributed by atoms with E-state index in [1.165, 1.54) is 0 Å². The Hall–Kier alpha value is -0.280. The molecule has 1 aromatic carbocycles. The van der Waals surface area contributed by atoms with E-state index in [-0.39, 0.29) is 6.04 Å². The molecule has 0 spiro atoms. The Bertz CT molecular complexity index is 367. The van der Waals surface area contributed by atoms with Crippen LogP contribution in [-0.2, 0) is 6.42 Å². The maximum Gasteiger partial charge on any atom is 0.0736 e. The Morgan fingerprint density at radius 2 is 2.07 bits per heavy atom. The summed E-state index contributed by atoms with van der Waals surface area (Å²) in [5.41, 5.74) is 7.76. The van der Waals surface area contributed by atoms with Crippen molar-refractivity contribution in [1.29, 1.82) is 0 Å². The molecule has 76 valence electrons. The third-order valence-electron chi connectivity index (χ3n) is 2.66. The molecule has 1 aliphatic carbocycles. The van der Waals surface area contributed by atoms with Gasteiger partial charge in [0.15, 0.2) is 0 Å². The highest BCUT2D eigenvalue weighted by atomic mass is 35.5. The predicted molar refractivity (Wildman–Crippen MR) is 57.7 cm³/mol. The molecule has 0 radical (unpaired) electrons. The lowest BCUT2D eigenvalue weighted by Crippen LogP contribution is -2.31. The van der Waals surface area contributed by atoms with Crippen LogP contribution in [0.2, 0.25) is 10.0 Å². The Labute approximate surface area is 92.6 Å². The van der Waals surface area contributed by atoms with Gasteiger partial charge in [0.1, 0.15) is 0 Å². The zero-order chi connectivity index (χ0) is 10.3. The van der Waals surface area contributed by atoms with Gasteiger partial charge in [0.05, 0.1) is 12.1 Å². The fourth-order valence-corrected chi connectivity index (χ4v) is 2.47. The average Bonchev–Trinajstić information content (AvgIpc) is 2.12. The molecule has 14 heavy (non-hydrogen) atoms. The molecule has 3 N–H and O–H groups in total. The van der Waals surface area contributed by atoms with Crippen LogP contribution in [0.25, 0.3) is 0 Å². The first-order chi connectivity index (χ1) is 6.59. The molecule has 4 heteroatoms. The fraction of sp³-hybridized carbons (Fsp3) is 0.400. The van der Waals surface area contributed by atoms with E-state index in [0.717, 1.165) is 17.5 Å². The van der Waals surface area contributed by atoms with Crippen LogP contribution in [0, 0.1) is 0 Å². The summed E-state index contributed by atoms with van der Waals surface area (Å²) in [5, 5.41) is 10.8. The van der Waals surface area contributed by atoms with Crippen LogP contribution in [0.4, 0.5) is 0 Å². The first-order valence-electron chi connectivity index (χ1n) is 4.51. The van der Waals surface area contributed by atoms with Crippen LogP contribution in [0.15, 0.2) is 12.1 Å². The topological polar surface area (TPSA) is 46.2 Å². The van der Waals surface area contributed by atoms with Crippen LogP contribution in [0.1, 0.15) is 23.6 Å². The van der Waals surface area contributed by atoms with Crippen LogP contribution in [-0.4, -0.2) is 11.2 Å². The summed E-state index contributed by atoms with van der Waals surface area (Å²) in [5.74, 6) is 0. The van der Waals surface area contributed by atoms with Crippen molar-refractivity contribution in [2.75, 3.05) is 0 Å². The van der Waals surface area contributed by atoms with Crippen molar-refractivity contribution in [3.63, 3.8) is 0 Å². The van der Waals surface area contributed by atoms with Crippen LogP contribution < -0.4 is 5.73 Å². The van der Waals surface area contributed by atoms with Crippen LogP contribution in [0.5, 0.6) is 0 Å². The molecule has 0 heterocycles. The fourth-order valence-electron chi connectivity index (χ4n) is 1.86. The van der Waals surface area contributed by atoms with Crippen molar-refractivity contribution < 1.29 is 5.11 Å². The number of benzene rings is 1. The Kier molecular flexibility index (Phi) is 2.71. The summed E-state index contributed by atoms with van der Waals surface area (Å²) in [6.45, 7) is 0. The van der Waals surface area contributed by atoms with Gasteiger partial charge in [-0.3, -0.25) is 0 Å². The van der Waals surface area contributed by atoms with E-state index in [0.29, 0.717) is 16.5 Å². The number of aliphatic hydroxyl groups excluding tert-OH is 1. The highest BCUT2D eigenvalue weighted by molar-refractivity contribution is 6.35. The number of hydrogen-bond donors (Lipinski definition) is 2. The first-order valence-corrected chi connectivity index (χ1v) is 5.26. The van der Waals surface area contributed by atoms with Gasteiger partial charge in [-0.2, -0.15) is 0 Å². The van der Waals surface area contributed by atoms with Crippen molar-refractivity contribution in [1.82, 2.24) is 0 Å². The van der Waals surface area contributed by atoms with Gasteiger partial charge < -0.3 is 10.8 Å². The SMILES string of the molecule is N[C@@H]1c2cc(Cl)cc(Cl)c2CC[C@H]1O. The second-order valence-electron chi connectivity index (χ2n) is 3.59.